The Balaban J connectivity index is 1.45. The highest BCUT2D eigenvalue weighted by Crippen LogP contribution is 2.47. The molecule has 0 amide bonds. The summed E-state index contributed by atoms with van der Waals surface area (Å²) in [4.78, 5) is 25.2. The SMILES string of the molecule is CC1CC(C)(C(=O)OCC(C)(C)COC(=O)C2(C)CCC3OC3C2)CCO1. The van der Waals surface area contributed by atoms with E-state index in [9.17, 15) is 9.59 Å². The molecule has 0 aromatic carbocycles. The zero-order valence-electron chi connectivity index (χ0n) is 17.3. The van der Waals surface area contributed by atoms with Gasteiger partial charge in [-0.3, -0.25) is 9.59 Å². The predicted molar refractivity (Wildman–Crippen MR) is 99.1 cm³/mol. The fourth-order valence-corrected chi connectivity index (χ4v) is 4.18. The maximum atomic E-state index is 12.6. The molecular weight excluding hydrogens is 348 g/mol. The van der Waals surface area contributed by atoms with Gasteiger partial charge in [0, 0.05) is 12.0 Å². The molecule has 1 aliphatic carbocycles. The van der Waals surface area contributed by atoms with E-state index in [0.29, 0.717) is 25.6 Å². The number of carbonyl (C=O) groups excluding carboxylic acids is 2. The zero-order valence-corrected chi connectivity index (χ0v) is 17.3. The molecule has 27 heavy (non-hydrogen) atoms. The van der Waals surface area contributed by atoms with Gasteiger partial charge in [0.1, 0.15) is 0 Å². The lowest BCUT2D eigenvalue weighted by Gasteiger charge is -2.36. The number of hydrogen-bond acceptors (Lipinski definition) is 6. The van der Waals surface area contributed by atoms with Gasteiger partial charge in [-0.05, 0) is 52.9 Å². The van der Waals surface area contributed by atoms with Crippen molar-refractivity contribution in [2.45, 2.75) is 85.0 Å². The third kappa shape index (κ3) is 4.83. The third-order valence-corrected chi connectivity index (χ3v) is 6.29. The second kappa shape index (κ2) is 7.36. The molecule has 3 rings (SSSR count). The number of ether oxygens (including phenoxy) is 4. The van der Waals surface area contributed by atoms with Gasteiger partial charge < -0.3 is 18.9 Å². The smallest absolute Gasteiger partial charge is 0.311 e. The van der Waals surface area contributed by atoms with Crippen LogP contribution in [0.25, 0.3) is 0 Å². The Morgan fingerprint density at radius 2 is 1.59 bits per heavy atom. The molecule has 0 N–H and O–H groups in total. The Hall–Kier alpha value is -1.14. The van der Waals surface area contributed by atoms with Crippen molar-refractivity contribution in [3.05, 3.63) is 0 Å². The maximum Gasteiger partial charge on any atom is 0.311 e. The van der Waals surface area contributed by atoms with E-state index in [1.165, 1.54) is 0 Å². The van der Waals surface area contributed by atoms with Crippen LogP contribution in [0.5, 0.6) is 0 Å². The first-order valence-electron chi connectivity index (χ1n) is 10.1. The standard InChI is InChI=1S/C21H34O6/c1-14-10-21(5,8-9-24-14)18(23)26-13-19(2,3)12-25-17(22)20(4)7-6-15-16(11-20)27-15/h14-16H,6-13H2,1-5H3. The summed E-state index contributed by atoms with van der Waals surface area (Å²) in [5, 5.41) is 0. The Bertz CT molecular complexity index is 559. The summed E-state index contributed by atoms with van der Waals surface area (Å²) in [5.41, 5.74) is -1.39. The van der Waals surface area contributed by atoms with Gasteiger partial charge in [-0.2, -0.15) is 0 Å². The van der Waals surface area contributed by atoms with Gasteiger partial charge in [-0.25, -0.2) is 0 Å². The Morgan fingerprint density at radius 1 is 1.00 bits per heavy atom. The molecule has 1 saturated carbocycles. The van der Waals surface area contributed by atoms with Crippen molar-refractivity contribution in [3.63, 3.8) is 0 Å². The molecular formula is C21H34O6. The topological polar surface area (TPSA) is 74.4 Å². The summed E-state index contributed by atoms with van der Waals surface area (Å²) in [5.74, 6) is -0.353. The van der Waals surface area contributed by atoms with Crippen LogP contribution in [0.2, 0.25) is 0 Å². The minimum Gasteiger partial charge on any atom is -0.465 e. The van der Waals surface area contributed by atoms with Crippen LogP contribution in [0.3, 0.4) is 0 Å². The van der Waals surface area contributed by atoms with E-state index < -0.39 is 16.2 Å². The lowest BCUT2D eigenvalue weighted by Crippen LogP contribution is -2.41. The molecule has 2 heterocycles. The summed E-state index contributed by atoms with van der Waals surface area (Å²) in [6, 6.07) is 0. The average Bonchev–Trinajstić information content (AvgIpc) is 3.35. The summed E-state index contributed by atoms with van der Waals surface area (Å²) in [6.45, 7) is 10.8. The molecule has 2 aliphatic heterocycles. The summed E-state index contributed by atoms with van der Waals surface area (Å²) in [7, 11) is 0. The highest BCUT2D eigenvalue weighted by Gasteiger charge is 2.52. The molecule has 3 fully saturated rings. The molecule has 2 saturated heterocycles. The minimum absolute atomic E-state index is 0.0662. The Kier molecular flexibility index (Phi) is 5.61. The zero-order chi connectivity index (χ0) is 19.9. The first-order chi connectivity index (χ1) is 12.5. The van der Waals surface area contributed by atoms with Crippen LogP contribution >= 0.6 is 0 Å². The lowest BCUT2D eigenvalue weighted by molar-refractivity contribution is -0.170. The lowest BCUT2D eigenvalue weighted by atomic mass is 9.76. The van der Waals surface area contributed by atoms with E-state index >= 15 is 0 Å². The van der Waals surface area contributed by atoms with E-state index in [1.807, 2.05) is 34.6 Å². The number of epoxide rings is 1. The van der Waals surface area contributed by atoms with Crippen molar-refractivity contribution in [2.24, 2.45) is 16.2 Å². The van der Waals surface area contributed by atoms with Crippen molar-refractivity contribution < 1.29 is 28.5 Å². The molecule has 154 valence electrons. The molecule has 0 aromatic rings. The van der Waals surface area contributed by atoms with Gasteiger partial charge in [0.2, 0.25) is 0 Å². The van der Waals surface area contributed by atoms with Crippen molar-refractivity contribution in [1.82, 2.24) is 0 Å². The van der Waals surface area contributed by atoms with E-state index in [4.69, 9.17) is 18.9 Å². The van der Waals surface area contributed by atoms with Crippen LogP contribution in [0.4, 0.5) is 0 Å². The first-order valence-corrected chi connectivity index (χ1v) is 10.1. The number of hydrogen-bond donors (Lipinski definition) is 0. The second-order valence-corrected chi connectivity index (χ2v) is 10.0. The van der Waals surface area contributed by atoms with Gasteiger partial charge in [0.05, 0.1) is 42.4 Å². The van der Waals surface area contributed by atoms with Gasteiger partial charge in [0.15, 0.2) is 0 Å². The van der Waals surface area contributed by atoms with E-state index in [1.54, 1.807) is 0 Å². The molecule has 6 nitrogen and oxygen atoms in total. The number of carbonyl (C=O) groups is 2. The molecule has 6 heteroatoms. The third-order valence-electron chi connectivity index (χ3n) is 6.29. The molecule has 5 unspecified atom stereocenters. The molecule has 0 radical (unpaired) electrons. The molecule has 0 spiro atoms. The van der Waals surface area contributed by atoms with Gasteiger partial charge in [-0.15, -0.1) is 0 Å². The summed E-state index contributed by atoms with van der Waals surface area (Å²) < 4.78 is 22.3. The van der Waals surface area contributed by atoms with Gasteiger partial charge >= 0.3 is 11.9 Å². The number of fused-ring (bicyclic) bond motifs is 1. The van der Waals surface area contributed by atoms with Crippen LogP contribution in [0.1, 0.15) is 66.7 Å². The quantitative estimate of drug-likeness (QED) is 0.518. The molecule has 3 aliphatic rings. The fourth-order valence-electron chi connectivity index (χ4n) is 4.18. The van der Waals surface area contributed by atoms with Gasteiger partial charge in [-0.1, -0.05) is 13.8 Å². The minimum atomic E-state index is -0.499. The van der Waals surface area contributed by atoms with Crippen molar-refractivity contribution in [1.29, 1.82) is 0 Å². The second-order valence-electron chi connectivity index (χ2n) is 10.0. The highest BCUT2D eigenvalue weighted by atomic mass is 16.6. The van der Waals surface area contributed by atoms with Crippen LogP contribution in [-0.4, -0.2) is 50.1 Å². The molecule has 0 aromatic heterocycles. The molecule has 0 bridgehead atoms. The van der Waals surface area contributed by atoms with E-state index in [0.717, 1.165) is 19.3 Å². The summed E-state index contributed by atoms with van der Waals surface area (Å²) >= 11 is 0. The normalized spacial score (nSPS) is 38.6. The van der Waals surface area contributed by atoms with Crippen LogP contribution in [0, 0.1) is 16.2 Å². The first kappa shape index (κ1) is 20.6. The largest absolute Gasteiger partial charge is 0.465 e. The number of esters is 2. The van der Waals surface area contributed by atoms with E-state index in [2.05, 4.69) is 0 Å². The fraction of sp³-hybridized carbons (Fsp3) is 0.905. The van der Waals surface area contributed by atoms with Crippen molar-refractivity contribution in [2.75, 3.05) is 19.8 Å². The predicted octanol–water partition coefficient (Wildman–Crippen LogP) is 3.26. The summed E-state index contributed by atoms with van der Waals surface area (Å²) in [6.07, 6.45) is 4.47. The average molecular weight is 382 g/mol. The van der Waals surface area contributed by atoms with Crippen LogP contribution in [0.15, 0.2) is 0 Å². The highest BCUT2D eigenvalue weighted by molar-refractivity contribution is 5.77. The number of rotatable bonds is 6. The van der Waals surface area contributed by atoms with E-state index in [-0.39, 0.29) is 37.4 Å². The van der Waals surface area contributed by atoms with Crippen LogP contribution < -0.4 is 0 Å². The monoisotopic (exact) mass is 382 g/mol. The Labute approximate surface area is 162 Å². The van der Waals surface area contributed by atoms with Crippen molar-refractivity contribution >= 4 is 11.9 Å². The van der Waals surface area contributed by atoms with Gasteiger partial charge in [0.25, 0.3) is 0 Å². The van der Waals surface area contributed by atoms with Crippen LogP contribution in [-0.2, 0) is 28.5 Å². The van der Waals surface area contributed by atoms with Crippen molar-refractivity contribution in [3.8, 4) is 0 Å². The molecule has 5 atom stereocenters. The maximum absolute atomic E-state index is 12.6. The Morgan fingerprint density at radius 3 is 2.15 bits per heavy atom.